The lowest BCUT2D eigenvalue weighted by Crippen LogP contribution is -2.48. The van der Waals surface area contributed by atoms with Gasteiger partial charge in [0.25, 0.3) is 0 Å². The van der Waals surface area contributed by atoms with Gasteiger partial charge in [0.05, 0.1) is 6.10 Å². The number of nitrogens with two attached hydrogens (primary N) is 1. The molecule has 88 valence electrons. The van der Waals surface area contributed by atoms with Crippen molar-refractivity contribution in [1.82, 2.24) is 0 Å². The highest BCUT2D eigenvalue weighted by Crippen LogP contribution is 2.30. The number of benzene rings is 1. The molecule has 1 aromatic rings. The average molecular weight is 305 g/mol. The molecule has 2 nitrogen and oxygen atoms in total. The molecule has 0 spiro atoms. The van der Waals surface area contributed by atoms with Crippen LogP contribution in [0, 0.1) is 0 Å². The van der Waals surface area contributed by atoms with Gasteiger partial charge < -0.3 is 10.5 Å². The number of rotatable bonds is 2. The van der Waals surface area contributed by atoms with Crippen molar-refractivity contribution in [3.05, 3.63) is 33.3 Å². The van der Waals surface area contributed by atoms with Gasteiger partial charge in [0.2, 0.25) is 0 Å². The van der Waals surface area contributed by atoms with Crippen molar-refractivity contribution in [2.45, 2.75) is 31.4 Å². The minimum atomic E-state index is -0.280. The summed E-state index contributed by atoms with van der Waals surface area (Å²) in [7, 11) is 0. The summed E-state index contributed by atoms with van der Waals surface area (Å²) in [6, 6.07) is 5.91. The smallest absolute Gasteiger partial charge is 0.0730 e. The van der Waals surface area contributed by atoms with Crippen molar-refractivity contribution in [3.8, 4) is 0 Å². The molecule has 2 atom stereocenters. The van der Waals surface area contributed by atoms with Crippen LogP contribution in [0.1, 0.15) is 18.9 Å². The van der Waals surface area contributed by atoms with Gasteiger partial charge in [-0.3, -0.25) is 0 Å². The number of hydrogen-bond donors (Lipinski definition) is 1. The molecule has 1 saturated heterocycles. The molecule has 0 bridgehead atoms. The van der Waals surface area contributed by atoms with E-state index in [1.807, 2.05) is 25.1 Å². The molecule has 2 unspecified atom stereocenters. The zero-order valence-corrected chi connectivity index (χ0v) is 11.5. The Morgan fingerprint density at radius 3 is 2.94 bits per heavy atom. The van der Waals surface area contributed by atoms with Crippen molar-refractivity contribution < 1.29 is 4.74 Å². The summed E-state index contributed by atoms with van der Waals surface area (Å²) in [5, 5.41) is 0.762. The van der Waals surface area contributed by atoms with Crippen LogP contribution in [0.4, 0.5) is 0 Å². The Kier molecular flexibility index (Phi) is 3.59. The summed E-state index contributed by atoms with van der Waals surface area (Å²) in [6.07, 6.45) is 1.74. The average Bonchev–Trinajstić information content (AvgIpc) is 2.52. The van der Waals surface area contributed by atoms with Crippen molar-refractivity contribution in [1.29, 1.82) is 0 Å². The standard InChI is InChI=1S/C12H15BrClNO/c1-8-12(15,4-5-16-8)7-9-2-3-10(13)6-11(9)14/h2-3,6,8H,4-5,7,15H2,1H3. The maximum absolute atomic E-state index is 6.35. The molecule has 16 heavy (non-hydrogen) atoms. The SMILES string of the molecule is CC1OCCC1(N)Cc1ccc(Br)cc1Cl. The second-order valence-corrected chi connectivity index (χ2v) is 5.73. The zero-order valence-electron chi connectivity index (χ0n) is 9.17. The molecular weight excluding hydrogens is 289 g/mol. The van der Waals surface area contributed by atoms with E-state index in [1.165, 1.54) is 0 Å². The van der Waals surface area contributed by atoms with E-state index in [0.29, 0.717) is 0 Å². The van der Waals surface area contributed by atoms with E-state index in [1.54, 1.807) is 0 Å². The quantitative estimate of drug-likeness (QED) is 0.911. The lowest BCUT2D eigenvalue weighted by Gasteiger charge is -2.27. The van der Waals surface area contributed by atoms with Gasteiger partial charge in [0, 0.05) is 21.6 Å². The molecule has 0 amide bonds. The van der Waals surface area contributed by atoms with Gasteiger partial charge >= 0.3 is 0 Å². The maximum Gasteiger partial charge on any atom is 0.0730 e. The lowest BCUT2D eigenvalue weighted by atomic mass is 9.86. The number of hydrogen-bond acceptors (Lipinski definition) is 2. The summed E-state index contributed by atoms with van der Waals surface area (Å²) in [5.74, 6) is 0. The highest BCUT2D eigenvalue weighted by molar-refractivity contribution is 9.10. The topological polar surface area (TPSA) is 35.2 Å². The third kappa shape index (κ3) is 2.43. The van der Waals surface area contributed by atoms with Gasteiger partial charge in [-0.05, 0) is 37.5 Å². The summed E-state index contributed by atoms with van der Waals surface area (Å²) < 4.78 is 6.52. The Labute approximate surface area is 109 Å². The van der Waals surface area contributed by atoms with Crippen molar-refractivity contribution in [2.24, 2.45) is 5.73 Å². The Balaban J connectivity index is 2.20. The zero-order chi connectivity index (χ0) is 11.8. The van der Waals surface area contributed by atoms with Crippen LogP contribution in [-0.2, 0) is 11.2 Å². The molecule has 0 aromatic heterocycles. The largest absolute Gasteiger partial charge is 0.377 e. The first kappa shape index (κ1) is 12.4. The molecule has 2 N–H and O–H groups in total. The Bertz CT molecular complexity index is 399. The third-order valence-electron chi connectivity index (χ3n) is 3.28. The van der Waals surface area contributed by atoms with Crippen LogP contribution in [0.15, 0.2) is 22.7 Å². The van der Waals surface area contributed by atoms with E-state index >= 15 is 0 Å². The van der Waals surface area contributed by atoms with E-state index in [0.717, 1.165) is 34.5 Å². The molecule has 0 aliphatic carbocycles. The van der Waals surface area contributed by atoms with Gasteiger partial charge in [0.15, 0.2) is 0 Å². The van der Waals surface area contributed by atoms with Crippen LogP contribution in [-0.4, -0.2) is 18.2 Å². The third-order valence-corrected chi connectivity index (χ3v) is 4.12. The van der Waals surface area contributed by atoms with Crippen molar-refractivity contribution in [2.75, 3.05) is 6.61 Å². The molecule has 0 saturated carbocycles. The first-order chi connectivity index (χ1) is 7.51. The summed E-state index contributed by atoms with van der Waals surface area (Å²) in [6.45, 7) is 2.77. The molecule has 2 rings (SSSR count). The summed E-state index contributed by atoms with van der Waals surface area (Å²) >= 11 is 9.59. The molecule has 4 heteroatoms. The second kappa shape index (κ2) is 4.65. The van der Waals surface area contributed by atoms with Crippen LogP contribution >= 0.6 is 27.5 Å². The normalized spacial score (nSPS) is 29.6. The number of ether oxygens (including phenoxy) is 1. The highest BCUT2D eigenvalue weighted by Gasteiger charge is 2.38. The fourth-order valence-corrected chi connectivity index (χ4v) is 2.79. The predicted octanol–water partition coefficient (Wildman–Crippen LogP) is 3.15. The van der Waals surface area contributed by atoms with E-state index in [4.69, 9.17) is 22.1 Å². The van der Waals surface area contributed by atoms with Crippen molar-refractivity contribution in [3.63, 3.8) is 0 Å². The van der Waals surface area contributed by atoms with Crippen LogP contribution in [0.2, 0.25) is 5.02 Å². The predicted molar refractivity (Wildman–Crippen MR) is 69.8 cm³/mol. The van der Waals surface area contributed by atoms with E-state index in [2.05, 4.69) is 15.9 Å². The summed E-state index contributed by atoms with van der Waals surface area (Å²) in [4.78, 5) is 0. The van der Waals surface area contributed by atoms with Crippen LogP contribution in [0.5, 0.6) is 0 Å². The Hall–Kier alpha value is -0.0900. The molecule has 1 aliphatic heterocycles. The van der Waals surface area contributed by atoms with Gasteiger partial charge in [-0.15, -0.1) is 0 Å². The highest BCUT2D eigenvalue weighted by atomic mass is 79.9. The van der Waals surface area contributed by atoms with Gasteiger partial charge in [-0.2, -0.15) is 0 Å². The van der Waals surface area contributed by atoms with Gasteiger partial charge in [-0.1, -0.05) is 33.6 Å². The maximum atomic E-state index is 6.35. The summed E-state index contributed by atoms with van der Waals surface area (Å²) in [5.41, 5.74) is 7.15. The van der Waals surface area contributed by atoms with Crippen LogP contribution < -0.4 is 5.73 Å². The Morgan fingerprint density at radius 1 is 1.62 bits per heavy atom. The second-order valence-electron chi connectivity index (χ2n) is 4.41. The van der Waals surface area contributed by atoms with E-state index in [9.17, 15) is 0 Å². The van der Waals surface area contributed by atoms with Crippen LogP contribution in [0.3, 0.4) is 0 Å². The van der Waals surface area contributed by atoms with E-state index < -0.39 is 0 Å². The number of halogens is 2. The molecule has 1 heterocycles. The first-order valence-corrected chi connectivity index (χ1v) is 6.53. The molecule has 0 radical (unpaired) electrons. The fourth-order valence-electron chi connectivity index (χ4n) is 2.05. The van der Waals surface area contributed by atoms with Gasteiger partial charge in [0.1, 0.15) is 0 Å². The first-order valence-electron chi connectivity index (χ1n) is 5.36. The molecule has 1 aliphatic rings. The monoisotopic (exact) mass is 303 g/mol. The van der Waals surface area contributed by atoms with Crippen LogP contribution in [0.25, 0.3) is 0 Å². The van der Waals surface area contributed by atoms with E-state index in [-0.39, 0.29) is 11.6 Å². The minimum Gasteiger partial charge on any atom is -0.377 e. The molecule has 1 fully saturated rings. The Morgan fingerprint density at radius 2 is 2.38 bits per heavy atom. The minimum absolute atomic E-state index is 0.0900. The lowest BCUT2D eigenvalue weighted by molar-refractivity contribution is 0.0955. The van der Waals surface area contributed by atoms with Gasteiger partial charge in [-0.25, -0.2) is 0 Å². The molecular formula is C12H15BrClNO. The molecule has 1 aromatic carbocycles. The van der Waals surface area contributed by atoms with Crippen molar-refractivity contribution >= 4 is 27.5 Å². The fraction of sp³-hybridized carbons (Fsp3) is 0.500.